The van der Waals surface area contributed by atoms with E-state index in [-0.39, 0.29) is 24.7 Å². The fourth-order valence-corrected chi connectivity index (χ4v) is 4.04. The molecule has 1 unspecified atom stereocenters. The van der Waals surface area contributed by atoms with Crippen molar-refractivity contribution in [2.45, 2.75) is 18.4 Å². The first-order chi connectivity index (χ1) is 13.9. The molecule has 1 amide bonds. The Labute approximate surface area is 178 Å². The van der Waals surface area contributed by atoms with E-state index in [1.807, 2.05) is 0 Å². The van der Waals surface area contributed by atoms with Gasteiger partial charge in [-0.3, -0.25) is 9.59 Å². The monoisotopic (exact) mass is 435 g/mol. The Hall–Kier alpha value is -2.44. The molecule has 8 heteroatoms. The largest absolute Gasteiger partial charge is 0.497 e. The zero-order valence-electron chi connectivity index (χ0n) is 15.7. The Bertz CT molecular complexity index is 980. The third-order valence-electron chi connectivity index (χ3n) is 5.21. The average Bonchev–Trinajstić information content (AvgIpc) is 3.11. The molecule has 29 heavy (non-hydrogen) atoms. The van der Waals surface area contributed by atoms with Crippen molar-refractivity contribution >= 4 is 34.9 Å². The van der Waals surface area contributed by atoms with Crippen LogP contribution in [0.4, 0.5) is 0 Å². The molecule has 0 aliphatic carbocycles. The van der Waals surface area contributed by atoms with Gasteiger partial charge in [-0.25, -0.2) is 0 Å². The van der Waals surface area contributed by atoms with Crippen molar-refractivity contribution in [1.29, 1.82) is 0 Å². The summed E-state index contributed by atoms with van der Waals surface area (Å²) >= 11 is 12.0. The van der Waals surface area contributed by atoms with Gasteiger partial charge in [0.1, 0.15) is 22.8 Å². The molecule has 1 fully saturated rings. The van der Waals surface area contributed by atoms with Gasteiger partial charge in [0.2, 0.25) is 0 Å². The summed E-state index contributed by atoms with van der Waals surface area (Å²) in [7, 11) is 1.55. The SMILES string of the molecule is COc1ccc2c(c1)C(=O)CC1(CCN(C(=O)COc3cc(Cl)ccc3Cl)C1)O2. The Morgan fingerprint density at radius 1 is 1.24 bits per heavy atom. The van der Waals surface area contributed by atoms with E-state index in [0.717, 1.165) is 0 Å². The van der Waals surface area contributed by atoms with Gasteiger partial charge >= 0.3 is 0 Å². The molecule has 2 heterocycles. The second-order valence-corrected chi connectivity index (χ2v) is 8.02. The van der Waals surface area contributed by atoms with Crippen molar-refractivity contribution in [3.05, 3.63) is 52.0 Å². The molecule has 0 radical (unpaired) electrons. The van der Waals surface area contributed by atoms with Crippen molar-refractivity contribution in [2.24, 2.45) is 0 Å². The van der Waals surface area contributed by atoms with Crippen LogP contribution in [0.1, 0.15) is 23.2 Å². The molecule has 1 atom stereocenters. The standard InChI is InChI=1S/C21H19Cl2NO5/c1-27-14-3-5-18-15(9-14)17(25)10-21(29-18)6-7-24(12-21)20(26)11-28-19-8-13(22)2-4-16(19)23/h2-5,8-9H,6-7,10-12H2,1H3. The number of hydrogen-bond donors (Lipinski definition) is 0. The minimum atomic E-state index is -0.706. The lowest BCUT2D eigenvalue weighted by atomic mass is 9.89. The summed E-state index contributed by atoms with van der Waals surface area (Å²) in [5, 5.41) is 0.856. The van der Waals surface area contributed by atoms with Gasteiger partial charge in [-0.15, -0.1) is 0 Å². The van der Waals surface area contributed by atoms with Crippen molar-refractivity contribution < 1.29 is 23.8 Å². The number of carbonyl (C=O) groups is 2. The topological polar surface area (TPSA) is 65.1 Å². The summed E-state index contributed by atoms with van der Waals surface area (Å²) in [6.45, 7) is 0.651. The van der Waals surface area contributed by atoms with E-state index in [9.17, 15) is 9.59 Å². The fourth-order valence-electron chi connectivity index (χ4n) is 3.70. The number of rotatable bonds is 4. The lowest BCUT2D eigenvalue weighted by Crippen LogP contribution is -2.45. The van der Waals surface area contributed by atoms with E-state index < -0.39 is 5.60 Å². The summed E-state index contributed by atoms with van der Waals surface area (Å²) in [6.07, 6.45) is 0.797. The number of amides is 1. The maximum absolute atomic E-state index is 12.7. The molecular weight excluding hydrogens is 417 g/mol. The number of methoxy groups -OCH3 is 1. The van der Waals surface area contributed by atoms with E-state index >= 15 is 0 Å². The number of fused-ring (bicyclic) bond motifs is 1. The number of likely N-dealkylation sites (tertiary alicyclic amines) is 1. The van der Waals surface area contributed by atoms with Crippen molar-refractivity contribution in [2.75, 3.05) is 26.8 Å². The lowest BCUT2D eigenvalue weighted by molar-refractivity contribution is -0.133. The molecule has 0 aromatic heterocycles. The number of ether oxygens (including phenoxy) is 3. The number of nitrogens with zero attached hydrogens (tertiary/aromatic N) is 1. The highest BCUT2D eigenvalue weighted by atomic mass is 35.5. The van der Waals surface area contributed by atoms with E-state index in [4.69, 9.17) is 37.4 Å². The van der Waals surface area contributed by atoms with Crippen LogP contribution in [0.25, 0.3) is 0 Å². The summed E-state index contributed by atoms with van der Waals surface area (Å²) in [5.41, 5.74) is -0.194. The number of ketones is 1. The quantitative estimate of drug-likeness (QED) is 0.725. The zero-order valence-corrected chi connectivity index (χ0v) is 17.3. The van der Waals surface area contributed by atoms with Crippen LogP contribution in [0, 0.1) is 0 Å². The number of hydrogen-bond acceptors (Lipinski definition) is 5. The molecule has 0 bridgehead atoms. The minimum absolute atomic E-state index is 0.0126. The molecular formula is C21H19Cl2NO5. The fraction of sp³-hybridized carbons (Fsp3) is 0.333. The molecule has 0 N–H and O–H groups in total. The van der Waals surface area contributed by atoms with Gasteiger partial charge in [0.05, 0.1) is 30.7 Å². The Balaban J connectivity index is 1.42. The molecule has 2 aliphatic heterocycles. The summed E-state index contributed by atoms with van der Waals surface area (Å²) in [4.78, 5) is 27.0. The predicted molar refractivity (Wildman–Crippen MR) is 108 cm³/mol. The molecule has 4 rings (SSSR count). The van der Waals surface area contributed by atoms with Crippen LogP contribution < -0.4 is 14.2 Å². The van der Waals surface area contributed by atoms with E-state index in [1.54, 1.807) is 48.4 Å². The van der Waals surface area contributed by atoms with Crippen LogP contribution in [-0.2, 0) is 4.79 Å². The second-order valence-electron chi connectivity index (χ2n) is 7.18. The first-order valence-electron chi connectivity index (χ1n) is 9.15. The van der Waals surface area contributed by atoms with Gasteiger partial charge < -0.3 is 19.1 Å². The Morgan fingerprint density at radius 3 is 2.86 bits per heavy atom. The van der Waals surface area contributed by atoms with Gasteiger partial charge in [0.15, 0.2) is 12.4 Å². The number of Topliss-reactive ketones (excluding diaryl/α,β-unsaturated/α-hetero) is 1. The van der Waals surface area contributed by atoms with Crippen LogP contribution in [0.3, 0.4) is 0 Å². The second kappa shape index (κ2) is 7.76. The van der Waals surface area contributed by atoms with Crippen LogP contribution >= 0.6 is 23.2 Å². The highest BCUT2D eigenvalue weighted by Crippen LogP contribution is 2.40. The summed E-state index contributed by atoms with van der Waals surface area (Å²) in [6, 6.07) is 10.0. The van der Waals surface area contributed by atoms with E-state index in [0.29, 0.717) is 52.4 Å². The lowest BCUT2D eigenvalue weighted by Gasteiger charge is -2.34. The van der Waals surface area contributed by atoms with E-state index in [2.05, 4.69) is 0 Å². The van der Waals surface area contributed by atoms with Crippen LogP contribution in [0.15, 0.2) is 36.4 Å². The van der Waals surface area contributed by atoms with Gasteiger partial charge in [0.25, 0.3) is 5.91 Å². The van der Waals surface area contributed by atoms with Crippen molar-refractivity contribution in [3.8, 4) is 17.2 Å². The van der Waals surface area contributed by atoms with Gasteiger partial charge in [-0.05, 0) is 30.3 Å². The normalized spacial score (nSPS) is 20.4. The first kappa shape index (κ1) is 19.9. The Kier molecular flexibility index (Phi) is 5.32. The molecule has 2 aromatic rings. The highest BCUT2D eigenvalue weighted by Gasteiger charge is 2.47. The van der Waals surface area contributed by atoms with Crippen molar-refractivity contribution in [3.63, 3.8) is 0 Å². The molecule has 152 valence electrons. The summed E-state index contributed by atoms with van der Waals surface area (Å²) in [5.74, 6) is 1.28. The maximum Gasteiger partial charge on any atom is 0.260 e. The van der Waals surface area contributed by atoms with Crippen LogP contribution in [-0.4, -0.2) is 49.0 Å². The molecule has 1 saturated heterocycles. The Morgan fingerprint density at radius 2 is 2.07 bits per heavy atom. The third-order valence-corrected chi connectivity index (χ3v) is 5.76. The highest BCUT2D eigenvalue weighted by molar-refractivity contribution is 6.34. The minimum Gasteiger partial charge on any atom is -0.497 e. The van der Waals surface area contributed by atoms with Gasteiger partial charge in [0, 0.05) is 24.1 Å². The van der Waals surface area contributed by atoms with Gasteiger partial charge in [-0.1, -0.05) is 23.2 Å². The van der Waals surface area contributed by atoms with E-state index in [1.165, 1.54) is 0 Å². The smallest absolute Gasteiger partial charge is 0.260 e. The first-order valence-corrected chi connectivity index (χ1v) is 9.91. The molecule has 6 nitrogen and oxygen atoms in total. The molecule has 1 spiro atoms. The number of benzene rings is 2. The average molecular weight is 436 g/mol. The third kappa shape index (κ3) is 4.00. The number of halogens is 2. The predicted octanol–water partition coefficient (Wildman–Crippen LogP) is 4.02. The number of carbonyl (C=O) groups excluding carboxylic acids is 2. The molecule has 0 saturated carbocycles. The maximum atomic E-state index is 12.7. The van der Waals surface area contributed by atoms with Gasteiger partial charge in [-0.2, -0.15) is 0 Å². The molecule has 2 aliphatic rings. The van der Waals surface area contributed by atoms with Crippen LogP contribution in [0.5, 0.6) is 17.2 Å². The van der Waals surface area contributed by atoms with Crippen molar-refractivity contribution in [1.82, 2.24) is 4.90 Å². The molecule has 2 aromatic carbocycles. The van der Waals surface area contributed by atoms with Crippen LogP contribution in [0.2, 0.25) is 10.0 Å². The zero-order chi connectivity index (χ0) is 20.6. The summed E-state index contributed by atoms with van der Waals surface area (Å²) < 4.78 is 16.9.